The smallest absolute Gasteiger partial charge is 0.290 e. The standard InChI is InChI=1S/C18H21N5O4/c24-13-20-5-7-21(8-6-20)18(26)16-19-15(14-3-1-2-4-23(14)16)17(25)22-9-11-27-12-10-22/h1-4,13H,5-12H2. The number of ether oxygens (including phenoxy) is 1. The molecule has 0 aromatic carbocycles. The van der Waals surface area contributed by atoms with E-state index in [9.17, 15) is 14.4 Å². The summed E-state index contributed by atoms with van der Waals surface area (Å²) < 4.78 is 6.97. The fourth-order valence-corrected chi connectivity index (χ4v) is 3.43. The second-order valence-corrected chi connectivity index (χ2v) is 6.58. The quantitative estimate of drug-likeness (QED) is 0.693. The van der Waals surface area contributed by atoms with Crippen molar-refractivity contribution in [2.45, 2.75) is 0 Å². The van der Waals surface area contributed by atoms with Crippen LogP contribution in [0, 0.1) is 0 Å². The SMILES string of the molecule is O=CN1CCN(C(=O)c2nc(C(=O)N3CCOCC3)c3ccccn23)CC1. The van der Waals surface area contributed by atoms with E-state index in [4.69, 9.17) is 4.74 Å². The van der Waals surface area contributed by atoms with Crippen LogP contribution in [0.1, 0.15) is 21.1 Å². The van der Waals surface area contributed by atoms with E-state index < -0.39 is 0 Å². The maximum atomic E-state index is 13.0. The molecule has 0 unspecified atom stereocenters. The molecule has 9 nitrogen and oxygen atoms in total. The van der Waals surface area contributed by atoms with Crippen LogP contribution in [0.15, 0.2) is 24.4 Å². The van der Waals surface area contributed by atoms with E-state index in [1.807, 2.05) is 6.07 Å². The summed E-state index contributed by atoms with van der Waals surface area (Å²) in [7, 11) is 0. The minimum atomic E-state index is -0.234. The van der Waals surface area contributed by atoms with Crippen molar-refractivity contribution in [3.63, 3.8) is 0 Å². The van der Waals surface area contributed by atoms with Crippen molar-refractivity contribution in [2.75, 3.05) is 52.5 Å². The summed E-state index contributed by atoms with van der Waals surface area (Å²) in [5, 5.41) is 0. The Hall–Kier alpha value is -2.94. The molecule has 0 radical (unpaired) electrons. The van der Waals surface area contributed by atoms with Gasteiger partial charge in [0.05, 0.1) is 18.7 Å². The first-order valence-electron chi connectivity index (χ1n) is 9.02. The Bertz CT molecular complexity index is 866. The second-order valence-electron chi connectivity index (χ2n) is 6.58. The lowest BCUT2D eigenvalue weighted by molar-refractivity contribution is -0.119. The van der Waals surface area contributed by atoms with Crippen molar-refractivity contribution < 1.29 is 19.1 Å². The van der Waals surface area contributed by atoms with Crippen LogP contribution in [0.4, 0.5) is 0 Å². The molecule has 142 valence electrons. The number of piperazine rings is 1. The molecule has 9 heteroatoms. The van der Waals surface area contributed by atoms with Gasteiger partial charge in [-0.1, -0.05) is 6.07 Å². The average molecular weight is 371 g/mol. The summed E-state index contributed by atoms with van der Waals surface area (Å²) in [4.78, 5) is 46.3. The van der Waals surface area contributed by atoms with Crippen LogP contribution < -0.4 is 0 Å². The molecule has 3 amide bonds. The third-order valence-corrected chi connectivity index (χ3v) is 4.99. The first-order valence-corrected chi connectivity index (χ1v) is 9.02. The lowest BCUT2D eigenvalue weighted by Gasteiger charge is -2.32. The van der Waals surface area contributed by atoms with Crippen LogP contribution in [0.2, 0.25) is 0 Å². The Morgan fingerprint density at radius 3 is 2.37 bits per heavy atom. The largest absolute Gasteiger partial charge is 0.378 e. The molecule has 2 aromatic heterocycles. The number of pyridine rings is 1. The highest BCUT2D eigenvalue weighted by Gasteiger charge is 2.29. The van der Waals surface area contributed by atoms with Crippen molar-refractivity contribution in [1.82, 2.24) is 24.1 Å². The molecule has 2 aliphatic heterocycles. The summed E-state index contributed by atoms with van der Waals surface area (Å²) >= 11 is 0. The van der Waals surface area contributed by atoms with Crippen molar-refractivity contribution in [3.8, 4) is 0 Å². The van der Waals surface area contributed by atoms with E-state index in [1.165, 1.54) is 0 Å². The van der Waals surface area contributed by atoms with Crippen molar-refractivity contribution in [1.29, 1.82) is 0 Å². The number of imidazole rings is 1. The predicted molar refractivity (Wildman–Crippen MR) is 95.5 cm³/mol. The zero-order valence-corrected chi connectivity index (χ0v) is 14.9. The van der Waals surface area contributed by atoms with Crippen LogP contribution in [0.5, 0.6) is 0 Å². The van der Waals surface area contributed by atoms with Crippen LogP contribution in [-0.4, -0.2) is 94.8 Å². The van der Waals surface area contributed by atoms with E-state index in [0.29, 0.717) is 58.0 Å². The number of amides is 3. The van der Waals surface area contributed by atoms with Crippen LogP contribution >= 0.6 is 0 Å². The summed E-state index contributed by atoms with van der Waals surface area (Å²) in [5.41, 5.74) is 0.899. The number of rotatable bonds is 3. The first kappa shape index (κ1) is 17.5. The predicted octanol–water partition coefficient (Wildman–Crippen LogP) is -0.279. The van der Waals surface area contributed by atoms with E-state index in [0.717, 1.165) is 6.41 Å². The molecule has 0 N–H and O–H groups in total. The van der Waals surface area contributed by atoms with E-state index in [2.05, 4.69) is 4.98 Å². The number of morpholine rings is 1. The summed E-state index contributed by atoms with van der Waals surface area (Å²) in [6.07, 6.45) is 2.54. The highest BCUT2D eigenvalue weighted by Crippen LogP contribution is 2.18. The van der Waals surface area contributed by atoms with Gasteiger partial charge in [-0.15, -0.1) is 0 Å². The highest BCUT2D eigenvalue weighted by molar-refractivity contribution is 6.02. The third kappa shape index (κ3) is 3.25. The van der Waals surface area contributed by atoms with Crippen molar-refractivity contribution in [3.05, 3.63) is 35.9 Å². The van der Waals surface area contributed by atoms with E-state index in [-0.39, 0.29) is 23.3 Å². The molecule has 0 aliphatic carbocycles. The maximum Gasteiger partial charge on any atom is 0.290 e. The number of aromatic nitrogens is 2. The number of nitrogens with zero attached hydrogens (tertiary/aromatic N) is 5. The Morgan fingerprint density at radius 1 is 0.963 bits per heavy atom. The van der Waals surface area contributed by atoms with Gasteiger partial charge in [0.2, 0.25) is 12.2 Å². The molecule has 27 heavy (non-hydrogen) atoms. The number of carbonyl (C=O) groups excluding carboxylic acids is 3. The lowest BCUT2D eigenvalue weighted by Crippen LogP contribution is -2.48. The molecule has 0 saturated carbocycles. The zero-order chi connectivity index (χ0) is 18.8. The lowest BCUT2D eigenvalue weighted by atomic mass is 10.3. The minimum absolute atomic E-state index is 0.188. The second kappa shape index (κ2) is 7.36. The van der Waals surface area contributed by atoms with Gasteiger partial charge in [-0.3, -0.25) is 18.8 Å². The summed E-state index contributed by atoms with van der Waals surface area (Å²) in [5.74, 6) is -0.198. The van der Waals surface area contributed by atoms with Gasteiger partial charge >= 0.3 is 0 Å². The van der Waals surface area contributed by atoms with Gasteiger partial charge < -0.3 is 19.4 Å². The first-order chi connectivity index (χ1) is 13.2. The fraction of sp³-hybridized carbons (Fsp3) is 0.444. The molecule has 0 bridgehead atoms. The van der Waals surface area contributed by atoms with Gasteiger partial charge in [-0.05, 0) is 12.1 Å². The van der Waals surface area contributed by atoms with Crippen LogP contribution in [0.3, 0.4) is 0 Å². The normalized spacial score (nSPS) is 18.0. The molecule has 4 rings (SSSR count). The van der Waals surface area contributed by atoms with E-state index in [1.54, 1.807) is 37.4 Å². The van der Waals surface area contributed by atoms with Gasteiger partial charge in [-0.2, -0.15) is 0 Å². The number of fused-ring (bicyclic) bond motifs is 1. The molecule has 0 atom stereocenters. The average Bonchev–Trinajstić information content (AvgIpc) is 3.13. The molecule has 2 saturated heterocycles. The summed E-state index contributed by atoms with van der Waals surface area (Å²) in [6, 6.07) is 5.42. The van der Waals surface area contributed by atoms with Crippen molar-refractivity contribution in [2.24, 2.45) is 0 Å². The van der Waals surface area contributed by atoms with Crippen LogP contribution in [0.25, 0.3) is 5.52 Å². The Balaban J connectivity index is 1.64. The highest BCUT2D eigenvalue weighted by atomic mass is 16.5. The summed E-state index contributed by atoms with van der Waals surface area (Å²) in [6.45, 7) is 3.94. The van der Waals surface area contributed by atoms with E-state index >= 15 is 0 Å². The van der Waals surface area contributed by atoms with Gasteiger partial charge in [0.15, 0.2) is 5.69 Å². The third-order valence-electron chi connectivity index (χ3n) is 4.99. The molecule has 0 spiro atoms. The molecule has 2 aromatic rings. The Kier molecular flexibility index (Phi) is 4.76. The zero-order valence-electron chi connectivity index (χ0n) is 14.9. The Labute approximate surface area is 156 Å². The number of carbonyl (C=O) groups is 3. The maximum absolute atomic E-state index is 13.0. The van der Waals surface area contributed by atoms with Gasteiger partial charge in [-0.25, -0.2) is 4.98 Å². The molecular formula is C18H21N5O4. The monoisotopic (exact) mass is 371 g/mol. The molecule has 2 aliphatic rings. The molecule has 4 heterocycles. The van der Waals surface area contributed by atoms with Gasteiger partial charge in [0, 0.05) is 45.5 Å². The van der Waals surface area contributed by atoms with Gasteiger partial charge in [0.25, 0.3) is 11.8 Å². The van der Waals surface area contributed by atoms with Gasteiger partial charge in [0.1, 0.15) is 0 Å². The topological polar surface area (TPSA) is 87.5 Å². The van der Waals surface area contributed by atoms with Crippen molar-refractivity contribution >= 4 is 23.7 Å². The van der Waals surface area contributed by atoms with Crippen LogP contribution in [-0.2, 0) is 9.53 Å². The number of hydrogen-bond acceptors (Lipinski definition) is 5. The number of hydrogen-bond donors (Lipinski definition) is 0. The minimum Gasteiger partial charge on any atom is -0.378 e. The molecular weight excluding hydrogens is 350 g/mol. The Morgan fingerprint density at radius 2 is 1.67 bits per heavy atom. The molecule has 2 fully saturated rings. The fourth-order valence-electron chi connectivity index (χ4n) is 3.43.